The number of aromatic nitrogens is 3. The normalized spacial score (nSPS) is 27.3. The van der Waals surface area contributed by atoms with Gasteiger partial charge < -0.3 is 34.4 Å². The molecular formula is C25H29ClN4O5. The quantitative estimate of drug-likeness (QED) is 0.404. The van der Waals surface area contributed by atoms with Crippen LogP contribution in [-0.4, -0.2) is 71.4 Å². The van der Waals surface area contributed by atoms with E-state index < -0.39 is 6.10 Å². The number of imidazole rings is 1. The van der Waals surface area contributed by atoms with Gasteiger partial charge in [-0.05, 0) is 48.4 Å². The third-order valence-electron chi connectivity index (χ3n) is 7.06. The molecule has 3 aliphatic rings. The van der Waals surface area contributed by atoms with Crippen LogP contribution in [0.2, 0.25) is 5.02 Å². The van der Waals surface area contributed by atoms with Crippen molar-refractivity contribution >= 4 is 28.6 Å². The average molecular weight is 501 g/mol. The second kappa shape index (κ2) is 9.55. The number of nitrogens with zero attached hydrogens (tertiary/aromatic N) is 2. The Balaban J connectivity index is 1.16. The first-order chi connectivity index (χ1) is 17.1. The lowest BCUT2D eigenvalue weighted by Crippen LogP contribution is -2.34. The maximum atomic E-state index is 9.93. The summed E-state index contributed by atoms with van der Waals surface area (Å²) in [7, 11) is 1.74. The summed E-state index contributed by atoms with van der Waals surface area (Å²) in [5.41, 5.74) is 5.22. The summed E-state index contributed by atoms with van der Waals surface area (Å²) >= 11 is 6.58. The van der Waals surface area contributed by atoms with Crippen molar-refractivity contribution in [3.05, 3.63) is 46.0 Å². The third kappa shape index (κ3) is 4.47. The molecule has 0 amide bonds. The molecule has 1 unspecified atom stereocenters. The number of ether oxygens (including phenoxy) is 4. The van der Waals surface area contributed by atoms with Crippen molar-refractivity contribution < 1.29 is 24.1 Å². The lowest BCUT2D eigenvalue weighted by Gasteiger charge is -2.16. The highest BCUT2D eigenvalue weighted by molar-refractivity contribution is 6.33. The number of anilines is 1. The molecule has 1 aliphatic carbocycles. The molecule has 10 heteroatoms. The minimum atomic E-state index is -0.624. The number of methoxy groups -OCH3 is 1. The summed E-state index contributed by atoms with van der Waals surface area (Å²) < 4.78 is 22.4. The molecule has 0 spiro atoms. The van der Waals surface area contributed by atoms with E-state index in [9.17, 15) is 5.11 Å². The first-order valence-electron chi connectivity index (χ1n) is 12.1. The largest absolute Gasteiger partial charge is 0.456 e. The zero-order valence-corrected chi connectivity index (χ0v) is 20.3. The number of halogens is 1. The Labute approximate surface area is 208 Å². The van der Waals surface area contributed by atoms with Crippen LogP contribution in [0.1, 0.15) is 35.6 Å². The van der Waals surface area contributed by atoms with Gasteiger partial charge in [0, 0.05) is 13.7 Å². The number of fused-ring (bicyclic) bond motifs is 3. The number of aliphatic hydroxyl groups excluding tert-OH is 1. The van der Waals surface area contributed by atoms with Crippen LogP contribution in [-0.2, 0) is 27.1 Å². The fourth-order valence-corrected chi connectivity index (χ4v) is 5.51. The van der Waals surface area contributed by atoms with Gasteiger partial charge in [-0.2, -0.15) is 4.98 Å². The van der Waals surface area contributed by atoms with Crippen LogP contribution in [0.25, 0.3) is 11.2 Å². The fourth-order valence-electron chi connectivity index (χ4n) is 5.30. The van der Waals surface area contributed by atoms with E-state index >= 15 is 0 Å². The Kier molecular flexibility index (Phi) is 6.28. The van der Waals surface area contributed by atoms with Crippen LogP contribution in [0.15, 0.2) is 24.3 Å². The highest BCUT2D eigenvalue weighted by atomic mass is 35.5. The van der Waals surface area contributed by atoms with Gasteiger partial charge in [-0.15, -0.1) is 0 Å². The number of nitrogens with one attached hydrogen (secondary N) is 2. The molecule has 2 fully saturated rings. The van der Waals surface area contributed by atoms with Gasteiger partial charge in [-0.1, -0.05) is 29.8 Å². The van der Waals surface area contributed by atoms with Crippen LogP contribution in [0.5, 0.6) is 6.01 Å². The number of H-pyrrole nitrogens is 1. The van der Waals surface area contributed by atoms with Crippen LogP contribution < -0.4 is 10.1 Å². The number of aryl methyl sites for hydroxylation is 2. The lowest BCUT2D eigenvalue weighted by molar-refractivity contribution is 0.00706. The van der Waals surface area contributed by atoms with E-state index in [0.717, 1.165) is 32.3 Å². The van der Waals surface area contributed by atoms with Gasteiger partial charge in [0.2, 0.25) is 0 Å². The van der Waals surface area contributed by atoms with Crippen LogP contribution in [0.4, 0.5) is 5.82 Å². The van der Waals surface area contributed by atoms with Crippen LogP contribution in [0, 0.1) is 0 Å². The van der Waals surface area contributed by atoms with Gasteiger partial charge in [-0.25, -0.2) is 4.98 Å². The molecule has 186 valence electrons. The second-order valence-corrected chi connectivity index (χ2v) is 9.82. The third-order valence-corrected chi connectivity index (χ3v) is 7.35. The average Bonchev–Trinajstić information content (AvgIpc) is 3.61. The van der Waals surface area contributed by atoms with Gasteiger partial charge in [0.15, 0.2) is 11.8 Å². The molecule has 1 aromatic carbocycles. The molecule has 9 nitrogen and oxygen atoms in total. The van der Waals surface area contributed by atoms with Crippen molar-refractivity contribution in [2.75, 3.05) is 32.2 Å². The summed E-state index contributed by atoms with van der Waals surface area (Å²) in [6, 6.07) is 9.01. The Morgan fingerprint density at radius 1 is 1.20 bits per heavy atom. The van der Waals surface area contributed by atoms with E-state index in [2.05, 4.69) is 38.5 Å². The number of pyridine rings is 1. The van der Waals surface area contributed by atoms with Gasteiger partial charge in [0.25, 0.3) is 6.01 Å². The van der Waals surface area contributed by atoms with Crippen molar-refractivity contribution in [2.24, 2.45) is 0 Å². The van der Waals surface area contributed by atoms with Crippen LogP contribution >= 0.6 is 11.6 Å². The van der Waals surface area contributed by atoms with Crippen molar-refractivity contribution in [1.29, 1.82) is 0 Å². The number of aliphatic hydroxyl groups is 1. The maximum Gasteiger partial charge on any atom is 0.296 e. The zero-order valence-electron chi connectivity index (χ0n) is 19.5. The second-order valence-electron chi connectivity index (χ2n) is 9.42. The molecule has 0 radical (unpaired) electrons. The molecule has 5 atom stereocenters. The molecule has 6 rings (SSSR count). The van der Waals surface area contributed by atoms with Crippen molar-refractivity contribution in [3.8, 4) is 6.01 Å². The molecule has 0 bridgehead atoms. The molecule has 3 aromatic rings. The molecule has 3 N–H and O–H groups in total. The standard InChI is InChI=1S/C25H29ClN4O5/c1-32-8-2-3-13-4-6-15-14(9-13)5-7-17(15)27-23-16(26)10-18-24(29-23)30-25(28-18)35-20-12-34-21-19(31)11-33-22(20)21/h4,6,9-10,17,19-22,31H,2-3,5,7-8,11-12H2,1H3,(H2,27,28,29,30)/t17-,19+,20+,21?,22+/m0/s1. The molecule has 2 saturated heterocycles. The SMILES string of the molecule is COCCCc1ccc2c(c1)CC[C@@H]2Nc1nc2nc(O[C@@H]3COC4[C@H](O)CO[C@@H]43)[nH]c2cc1Cl. The maximum absolute atomic E-state index is 9.93. The first kappa shape index (κ1) is 23.0. The van der Waals surface area contributed by atoms with E-state index in [4.69, 9.17) is 30.5 Å². The van der Waals surface area contributed by atoms with Crippen molar-refractivity contribution in [2.45, 2.75) is 56.1 Å². The van der Waals surface area contributed by atoms with Crippen molar-refractivity contribution in [1.82, 2.24) is 15.0 Å². The highest BCUT2D eigenvalue weighted by Gasteiger charge is 2.48. The summed E-state index contributed by atoms with van der Waals surface area (Å²) in [6.45, 7) is 1.36. The fraction of sp³-hybridized carbons (Fsp3) is 0.520. The smallest absolute Gasteiger partial charge is 0.296 e. The minimum absolute atomic E-state index is 0.147. The van der Waals surface area contributed by atoms with E-state index in [-0.39, 0.29) is 31.0 Å². The molecule has 2 aliphatic heterocycles. The van der Waals surface area contributed by atoms with Gasteiger partial charge in [-0.3, -0.25) is 0 Å². The highest BCUT2D eigenvalue weighted by Crippen LogP contribution is 2.37. The van der Waals surface area contributed by atoms with E-state index in [1.54, 1.807) is 7.11 Å². The lowest BCUT2D eigenvalue weighted by atomic mass is 10.0. The van der Waals surface area contributed by atoms with E-state index in [0.29, 0.717) is 34.6 Å². The van der Waals surface area contributed by atoms with Gasteiger partial charge in [0.05, 0.1) is 29.8 Å². The van der Waals surface area contributed by atoms with Gasteiger partial charge in [0.1, 0.15) is 24.1 Å². The molecular weight excluding hydrogens is 472 g/mol. The Morgan fingerprint density at radius 3 is 2.97 bits per heavy atom. The molecule has 2 aromatic heterocycles. The first-order valence-corrected chi connectivity index (χ1v) is 12.5. The van der Waals surface area contributed by atoms with Gasteiger partial charge >= 0.3 is 0 Å². The predicted octanol–water partition coefficient (Wildman–Crippen LogP) is 3.20. The number of hydrogen-bond donors (Lipinski definition) is 3. The zero-order chi connectivity index (χ0) is 23.9. The number of hydrogen-bond acceptors (Lipinski definition) is 8. The topological polar surface area (TPSA) is 111 Å². The summed E-state index contributed by atoms with van der Waals surface area (Å²) in [5.74, 6) is 0.603. The summed E-state index contributed by atoms with van der Waals surface area (Å²) in [5, 5.41) is 14.0. The summed E-state index contributed by atoms with van der Waals surface area (Å²) in [4.78, 5) is 12.3. The van der Waals surface area contributed by atoms with Crippen LogP contribution in [0.3, 0.4) is 0 Å². The summed E-state index contributed by atoms with van der Waals surface area (Å²) in [6.07, 6.45) is 2.41. The predicted molar refractivity (Wildman–Crippen MR) is 130 cm³/mol. The van der Waals surface area contributed by atoms with E-state index in [1.807, 2.05) is 6.07 Å². The number of aromatic amines is 1. The van der Waals surface area contributed by atoms with E-state index in [1.165, 1.54) is 16.7 Å². The number of benzene rings is 1. The Bertz CT molecular complexity index is 1220. The molecule has 35 heavy (non-hydrogen) atoms. The minimum Gasteiger partial charge on any atom is -0.456 e. The Hall–Kier alpha value is -2.43. The monoisotopic (exact) mass is 500 g/mol. The van der Waals surface area contributed by atoms with Crippen molar-refractivity contribution in [3.63, 3.8) is 0 Å². The Morgan fingerprint density at radius 2 is 2.09 bits per heavy atom. The number of rotatable bonds is 8. The molecule has 0 saturated carbocycles. The molecule has 4 heterocycles.